The molecule has 1 aromatic rings. The standard InChI is InChI=1S/C15H24ClN/c1-5-15(11(2)3)17-12(4)9-13-7-6-8-14(16)10-13/h6-8,10-12,15,17H,5,9H2,1-4H3. The van der Waals surface area contributed by atoms with Crippen LogP contribution in [0.3, 0.4) is 0 Å². The molecule has 0 aliphatic carbocycles. The van der Waals surface area contributed by atoms with E-state index in [1.54, 1.807) is 0 Å². The van der Waals surface area contributed by atoms with Crippen molar-refractivity contribution in [2.45, 2.75) is 52.6 Å². The number of benzene rings is 1. The molecule has 0 bridgehead atoms. The fraction of sp³-hybridized carbons (Fsp3) is 0.600. The highest BCUT2D eigenvalue weighted by atomic mass is 35.5. The van der Waals surface area contributed by atoms with Crippen molar-refractivity contribution in [3.63, 3.8) is 0 Å². The van der Waals surface area contributed by atoms with E-state index < -0.39 is 0 Å². The summed E-state index contributed by atoms with van der Waals surface area (Å²) in [6.07, 6.45) is 2.21. The second kappa shape index (κ2) is 7.03. The van der Waals surface area contributed by atoms with Crippen molar-refractivity contribution in [3.05, 3.63) is 34.9 Å². The maximum absolute atomic E-state index is 5.99. The van der Waals surface area contributed by atoms with Gasteiger partial charge in [-0.3, -0.25) is 0 Å². The lowest BCUT2D eigenvalue weighted by Crippen LogP contribution is -2.40. The van der Waals surface area contributed by atoms with Crippen LogP contribution in [-0.2, 0) is 6.42 Å². The number of halogens is 1. The number of hydrogen-bond acceptors (Lipinski definition) is 1. The Morgan fingerprint density at radius 2 is 1.94 bits per heavy atom. The number of hydrogen-bond donors (Lipinski definition) is 1. The van der Waals surface area contributed by atoms with Crippen LogP contribution in [0.4, 0.5) is 0 Å². The third kappa shape index (κ3) is 5.10. The van der Waals surface area contributed by atoms with Gasteiger partial charge in [0.15, 0.2) is 0 Å². The largest absolute Gasteiger partial charge is 0.311 e. The predicted octanol–water partition coefficient (Wildman–Crippen LogP) is 4.30. The molecule has 0 saturated heterocycles. The normalized spacial score (nSPS) is 14.9. The maximum Gasteiger partial charge on any atom is 0.0408 e. The van der Waals surface area contributed by atoms with E-state index in [2.05, 4.69) is 45.1 Å². The first kappa shape index (κ1) is 14.5. The van der Waals surface area contributed by atoms with Crippen molar-refractivity contribution >= 4 is 11.6 Å². The Bertz CT molecular complexity index is 335. The van der Waals surface area contributed by atoms with Crippen molar-refractivity contribution < 1.29 is 0 Å². The molecule has 1 aromatic carbocycles. The molecule has 17 heavy (non-hydrogen) atoms. The van der Waals surface area contributed by atoms with Crippen molar-refractivity contribution in [1.82, 2.24) is 5.32 Å². The van der Waals surface area contributed by atoms with Gasteiger partial charge in [0.2, 0.25) is 0 Å². The van der Waals surface area contributed by atoms with Crippen LogP contribution >= 0.6 is 11.6 Å². The molecule has 0 aliphatic rings. The molecule has 96 valence electrons. The molecule has 0 aromatic heterocycles. The molecule has 0 fully saturated rings. The Hall–Kier alpha value is -0.530. The van der Waals surface area contributed by atoms with Gasteiger partial charge in [-0.05, 0) is 43.4 Å². The highest BCUT2D eigenvalue weighted by molar-refractivity contribution is 6.30. The van der Waals surface area contributed by atoms with Crippen LogP contribution in [-0.4, -0.2) is 12.1 Å². The van der Waals surface area contributed by atoms with E-state index in [1.807, 2.05) is 12.1 Å². The van der Waals surface area contributed by atoms with E-state index in [0.717, 1.165) is 11.4 Å². The summed E-state index contributed by atoms with van der Waals surface area (Å²) in [6, 6.07) is 9.22. The van der Waals surface area contributed by atoms with Gasteiger partial charge in [-0.25, -0.2) is 0 Å². The smallest absolute Gasteiger partial charge is 0.0408 e. The average Bonchev–Trinajstić information content (AvgIpc) is 2.25. The van der Waals surface area contributed by atoms with Crippen LogP contribution in [0.2, 0.25) is 5.02 Å². The van der Waals surface area contributed by atoms with E-state index >= 15 is 0 Å². The zero-order valence-corrected chi connectivity index (χ0v) is 12.1. The highest BCUT2D eigenvalue weighted by Crippen LogP contribution is 2.13. The van der Waals surface area contributed by atoms with E-state index in [1.165, 1.54) is 12.0 Å². The Morgan fingerprint density at radius 1 is 1.24 bits per heavy atom. The SMILES string of the molecule is CCC(NC(C)Cc1cccc(Cl)c1)C(C)C. The van der Waals surface area contributed by atoms with Gasteiger partial charge in [0, 0.05) is 17.1 Å². The molecule has 0 saturated carbocycles. The lowest BCUT2D eigenvalue weighted by molar-refractivity contribution is 0.351. The maximum atomic E-state index is 5.99. The van der Waals surface area contributed by atoms with E-state index in [4.69, 9.17) is 11.6 Å². The first-order valence-electron chi connectivity index (χ1n) is 6.53. The Morgan fingerprint density at radius 3 is 2.47 bits per heavy atom. The van der Waals surface area contributed by atoms with Crippen LogP contribution in [0, 0.1) is 5.92 Å². The number of rotatable bonds is 6. The zero-order valence-electron chi connectivity index (χ0n) is 11.3. The Balaban J connectivity index is 2.51. The topological polar surface area (TPSA) is 12.0 Å². The van der Waals surface area contributed by atoms with Crippen LogP contribution in [0.25, 0.3) is 0 Å². The summed E-state index contributed by atoms with van der Waals surface area (Å²) in [5.41, 5.74) is 1.30. The van der Waals surface area contributed by atoms with Crippen LogP contribution in [0.15, 0.2) is 24.3 Å². The molecule has 2 unspecified atom stereocenters. The molecule has 0 spiro atoms. The van der Waals surface area contributed by atoms with Crippen molar-refractivity contribution in [2.75, 3.05) is 0 Å². The summed E-state index contributed by atoms with van der Waals surface area (Å²) in [5.74, 6) is 0.682. The van der Waals surface area contributed by atoms with E-state index in [9.17, 15) is 0 Å². The first-order chi connectivity index (χ1) is 8.02. The van der Waals surface area contributed by atoms with Gasteiger partial charge in [-0.15, -0.1) is 0 Å². The van der Waals surface area contributed by atoms with Gasteiger partial charge in [0.1, 0.15) is 0 Å². The molecule has 0 amide bonds. The zero-order chi connectivity index (χ0) is 12.8. The molecular formula is C15H24ClN. The summed E-state index contributed by atoms with van der Waals surface area (Å²) in [7, 11) is 0. The summed E-state index contributed by atoms with van der Waals surface area (Å²) in [4.78, 5) is 0. The van der Waals surface area contributed by atoms with Crippen molar-refractivity contribution in [3.8, 4) is 0 Å². The second-order valence-electron chi connectivity index (χ2n) is 5.16. The first-order valence-corrected chi connectivity index (χ1v) is 6.91. The molecule has 1 rings (SSSR count). The van der Waals surface area contributed by atoms with Crippen molar-refractivity contribution in [2.24, 2.45) is 5.92 Å². The highest BCUT2D eigenvalue weighted by Gasteiger charge is 2.13. The predicted molar refractivity (Wildman–Crippen MR) is 76.7 cm³/mol. The van der Waals surface area contributed by atoms with Crippen LogP contribution in [0.1, 0.15) is 39.7 Å². The van der Waals surface area contributed by atoms with Gasteiger partial charge in [0.25, 0.3) is 0 Å². The third-order valence-electron chi connectivity index (χ3n) is 3.17. The summed E-state index contributed by atoms with van der Waals surface area (Å²) < 4.78 is 0. The van der Waals surface area contributed by atoms with Gasteiger partial charge in [0.05, 0.1) is 0 Å². The number of nitrogens with one attached hydrogen (secondary N) is 1. The summed E-state index contributed by atoms with van der Waals surface area (Å²) in [5, 5.41) is 4.52. The lowest BCUT2D eigenvalue weighted by atomic mass is 9.99. The van der Waals surface area contributed by atoms with Gasteiger partial charge in [-0.2, -0.15) is 0 Å². The lowest BCUT2D eigenvalue weighted by Gasteiger charge is -2.25. The molecule has 2 heteroatoms. The van der Waals surface area contributed by atoms with Gasteiger partial charge in [-0.1, -0.05) is 44.5 Å². The molecule has 1 nitrogen and oxygen atoms in total. The molecule has 1 N–H and O–H groups in total. The van der Waals surface area contributed by atoms with Crippen molar-refractivity contribution in [1.29, 1.82) is 0 Å². The molecule has 0 radical (unpaired) electrons. The third-order valence-corrected chi connectivity index (χ3v) is 3.41. The molecule has 0 heterocycles. The van der Waals surface area contributed by atoms with E-state index in [-0.39, 0.29) is 0 Å². The monoisotopic (exact) mass is 253 g/mol. The fourth-order valence-corrected chi connectivity index (χ4v) is 2.44. The molecule has 2 atom stereocenters. The van der Waals surface area contributed by atoms with E-state index in [0.29, 0.717) is 18.0 Å². The van der Waals surface area contributed by atoms with Crippen LogP contribution < -0.4 is 5.32 Å². The average molecular weight is 254 g/mol. The minimum atomic E-state index is 0.487. The fourth-order valence-electron chi connectivity index (χ4n) is 2.22. The van der Waals surface area contributed by atoms with Crippen LogP contribution in [0.5, 0.6) is 0 Å². The summed E-state index contributed by atoms with van der Waals surface area (Å²) >= 11 is 5.99. The second-order valence-corrected chi connectivity index (χ2v) is 5.60. The van der Waals surface area contributed by atoms with Gasteiger partial charge >= 0.3 is 0 Å². The summed E-state index contributed by atoms with van der Waals surface area (Å²) in [6.45, 7) is 9.02. The minimum absolute atomic E-state index is 0.487. The molecule has 0 aliphatic heterocycles. The molecular weight excluding hydrogens is 230 g/mol. The minimum Gasteiger partial charge on any atom is -0.311 e. The Labute approximate surface area is 111 Å². The Kier molecular flexibility index (Phi) is 6.01. The quantitative estimate of drug-likeness (QED) is 0.797. The van der Waals surface area contributed by atoms with Gasteiger partial charge < -0.3 is 5.32 Å².